The molecule has 2 heterocycles. The fraction of sp³-hybridized carbons (Fsp3) is 0.440. The van der Waals surface area contributed by atoms with E-state index < -0.39 is 4.92 Å². The van der Waals surface area contributed by atoms with Gasteiger partial charge in [-0.2, -0.15) is 0 Å². The first-order valence-corrected chi connectivity index (χ1v) is 11.7. The minimum atomic E-state index is -0.500. The lowest BCUT2D eigenvalue weighted by molar-refractivity contribution is -0.384. The van der Waals surface area contributed by atoms with Crippen LogP contribution in [0.1, 0.15) is 59.7 Å². The Morgan fingerprint density at radius 1 is 0.970 bits per heavy atom. The molecule has 2 saturated heterocycles. The average molecular weight is 451 g/mol. The molecule has 33 heavy (non-hydrogen) atoms. The Labute approximate surface area is 193 Å². The second kappa shape index (κ2) is 10.0. The molecule has 0 atom stereocenters. The number of nitro groups is 1. The first kappa shape index (κ1) is 22.8. The minimum Gasteiger partial charge on any atom is -0.371 e. The van der Waals surface area contributed by atoms with E-state index in [9.17, 15) is 19.7 Å². The van der Waals surface area contributed by atoms with Gasteiger partial charge in [0.2, 0.25) is 0 Å². The largest absolute Gasteiger partial charge is 0.371 e. The van der Waals surface area contributed by atoms with Crippen molar-refractivity contribution in [3.63, 3.8) is 0 Å². The zero-order valence-electron chi connectivity index (χ0n) is 19.0. The Bertz CT molecular complexity index is 1020. The Morgan fingerprint density at radius 2 is 1.64 bits per heavy atom. The van der Waals surface area contributed by atoms with Crippen LogP contribution in [0.25, 0.3) is 0 Å². The number of carbonyl (C=O) groups is 2. The zero-order chi connectivity index (χ0) is 23.4. The molecule has 2 aromatic rings. The maximum atomic E-state index is 13.5. The summed E-state index contributed by atoms with van der Waals surface area (Å²) in [6.07, 6.45) is 5.36. The van der Waals surface area contributed by atoms with E-state index in [0.29, 0.717) is 22.7 Å². The van der Waals surface area contributed by atoms with E-state index in [1.807, 2.05) is 17.0 Å². The van der Waals surface area contributed by atoms with Crippen LogP contribution >= 0.6 is 0 Å². The second-order valence-corrected chi connectivity index (χ2v) is 9.01. The van der Waals surface area contributed by atoms with Crippen molar-refractivity contribution in [3.05, 3.63) is 63.7 Å². The summed E-state index contributed by atoms with van der Waals surface area (Å²) in [7, 11) is 0. The molecule has 0 radical (unpaired) electrons. The second-order valence-electron chi connectivity index (χ2n) is 9.01. The summed E-state index contributed by atoms with van der Waals surface area (Å²) >= 11 is 0. The first-order chi connectivity index (χ1) is 15.9. The third kappa shape index (κ3) is 5.32. The lowest BCUT2D eigenvalue weighted by Crippen LogP contribution is -2.38. The molecular formula is C25H30N4O4. The number of benzene rings is 2. The number of nitro benzene ring substituents is 1. The van der Waals surface area contributed by atoms with E-state index in [1.54, 1.807) is 6.07 Å². The summed E-state index contributed by atoms with van der Waals surface area (Å²) in [6.45, 7) is 5.60. The molecule has 0 spiro atoms. The molecule has 0 aromatic heterocycles. The molecule has 8 nitrogen and oxygen atoms in total. The molecule has 2 aliphatic heterocycles. The molecule has 2 aromatic carbocycles. The van der Waals surface area contributed by atoms with E-state index >= 15 is 0 Å². The van der Waals surface area contributed by atoms with E-state index in [-0.39, 0.29) is 17.5 Å². The van der Waals surface area contributed by atoms with E-state index in [1.165, 1.54) is 24.3 Å². The third-order valence-electron chi connectivity index (χ3n) is 6.59. The molecule has 0 aliphatic carbocycles. The number of nitrogens with one attached hydrogen (secondary N) is 1. The summed E-state index contributed by atoms with van der Waals surface area (Å²) in [4.78, 5) is 40.7. The molecule has 0 bridgehead atoms. The first-order valence-electron chi connectivity index (χ1n) is 11.7. The van der Waals surface area contributed by atoms with Gasteiger partial charge in [-0.25, -0.2) is 0 Å². The summed E-state index contributed by atoms with van der Waals surface area (Å²) < 4.78 is 0. The molecule has 174 valence electrons. The van der Waals surface area contributed by atoms with Crippen LogP contribution in [0.3, 0.4) is 0 Å². The molecule has 1 N–H and O–H groups in total. The summed E-state index contributed by atoms with van der Waals surface area (Å²) in [6, 6.07) is 11.0. The number of hydrogen-bond donors (Lipinski definition) is 1. The predicted molar refractivity (Wildman–Crippen MR) is 128 cm³/mol. The summed E-state index contributed by atoms with van der Waals surface area (Å²) in [5, 5.41) is 13.7. The molecule has 2 fully saturated rings. The minimum absolute atomic E-state index is 0.00903. The molecule has 4 rings (SSSR count). The Balaban J connectivity index is 1.58. The lowest BCUT2D eigenvalue weighted by atomic mass is 9.97. The number of anilines is 2. The number of likely N-dealkylation sites (tertiary alicyclic amines) is 1. The predicted octanol–water partition coefficient (Wildman–Crippen LogP) is 4.71. The van der Waals surface area contributed by atoms with Crippen LogP contribution in [-0.2, 0) is 0 Å². The molecule has 0 saturated carbocycles. The topological polar surface area (TPSA) is 95.8 Å². The fourth-order valence-corrected chi connectivity index (χ4v) is 4.52. The SMILES string of the molecule is CC1CCN(c2ccc(NC(=O)c3ccc([N+](=O)[O-])cc3)cc2C(=O)N2CCCCC2)CC1. The Hall–Kier alpha value is -3.42. The van der Waals surface area contributed by atoms with Crippen LogP contribution in [0.2, 0.25) is 0 Å². The summed E-state index contributed by atoms with van der Waals surface area (Å²) in [5.74, 6) is 0.318. The van der Waals surface area contributed by atoms with Gasteiger partial charge in [0.05, 0.1) is 10.5 Å². The lowest BCUT2D eigenvalue weighted by Gasteiger charge is -2.35. The van der Waals surface area contributed by atoms with Crippen molar-refractivity contribution in [1.29, 1.82) is 0 Å². The van der Waals surface area contributed by atoms with Crippen LogP contribution in [0.4, 0.5) is 17.1 Å². The van der Waals surface area contributed by atoms with Crippen LogP contribution in [0.5, 0.6) is 0 Å². The third-order valence-corrected chi connectivity index (χ3v) is 6.59. The number of carbonyl (C=O) groups excluding carboxylic acids is 2. The quantitative estimate of drug-likeness (QED) is 0.526. The molecule has 2 aliphatic rings. The smallest absolute Gasteiger partial charge is 0.269 e. The van der Waals surface area contributed by atoms with Crippen LogP contribution in [0, 0.1) is 16.0 Å². The van der Waals surface area contributed by atoms with Gasteiger partial charge in [-0.15, -0.1) is 0 Å². The fourth-order valence-electron chi connectivity index (χ4n) is 4.52. The zero-order valence-corrected chi connectivity index (χ0v) is 19.0. The molecule has 0 unspecified atom stereocenters. The van der Waals surface area contributed by atoms with Crippen LogP contribution < -0.4 is 10.2 Å². The monoisotopic (exact) mass is 450 g/mol. The van der Waals surface area contributed by atoms with Gasteiger partial charge in [-0.1, -0.05) is 6.92 Å². The van der Waals surface area contributed by atoms with Gasteiger partial charge in [0, 0.05) is 55.2 Å². The van der Waals surface area contributed by atoms with E-state index in [4.69, 9.17) is 0 Å². The maximum Gasteiger partial charge on any atom is 0.269 e. The van der Waals surface area contributed by atoms with Gasteiger partial charge in [0.15, 0.2) is 0 Å². The number of non-ortho nitro benzene ring substituents is 1. The highest BCUT2D eigenvalue weighted by Crippen LogP contribution is 2.30. The number of rotatable bonds is 5. The normalized spacial score (nSPS) is 17.0. The van der Waals surface area contributed by atoms with Gasteiger partial charge in [-0.05, 0) is 68.4 Å². The molecule has 8 heteroatoms. The number of hydrogen-bond acceptors (Lipinski definition) is 5. The van der Waals surface area contributed by atoms with Crippen molar-refractivity contribution in [2.24, 2.45) is 5.92 Å². The van der Waals surface area contributed by atoms with Crippen molar-refractivity contribution < 1.29 is 14.5 Å². The van der Waals surface area contributed by atoms with Crippen LogP contribution in [0.15, 0.2) is 42.5 Å². The Kier molecular flexibility index (Phi) is 6.91. The van der Waals surface area contributed by atoms with Crippen molar-refractivity contribution >= 4 is 28.9 Å². The van der Waals surface area contributed by atoms with Crippen LogP contribution in [-0.4, -0.2) is 47.8 Å². The molecule has 2 amide bonds. The van der Waals surface area contributed by atoms with Crippen molar-refractivity contribution in [2.75, 3.05) is 36.4 Å². The average Bonchev–Trinajstić information content (AvgIpc) is 2.84. The van der Waals surface area contributed by atoms with Gasteiger partial charge >= 0.3 is 0 Å². The molecular weight excluding hydrogens is 420 g/mol. The van der Waals surface area contributed by atoms with E-state index in [2.05, 4.69) is 17.1 Å². The van der Waals surface area contributed by atoms with Gasteiger partial charge < -0.3 is 15.1 Å². The highest BCUT2D eigenvalue weighted by Gasteiger charge is 2.25. The standard InChI is InChI=1S/C25H30N4O4/c1-18-11-15-27(16-12-18)23-10-7-20(17-22(23)25(31)28-13-3-2-4-14-28)26-24(30)19-5-8-21(9-6-19)29(32)33/h5-10,17-18H,2-4,11-16H2,1H3,(H,26,30). The highest BCUT2D eigenvalue weighted by molar-refractivity contribution is 6.06. The summed E-state index contributed by atoms with van der Waals surface area (Å²) in [5.41, 5.74) is 2.33. The van der Waals surface area contributed by atoms with Gasteiger partial charge in [0.25, 0.3) is 17.5 Å². The number of nitrogens with zero attached hydrogens (tertiary/aromatic N) is 3. The van der Waals surface area contributed by atoms with E-state index in [0.717, 1.165) is 64.0 Å². The van der Waals surface area contributed by atoms with Crippen molar-refractivity contribution in [1.82, 2.24) is 4.90 Å². The van der Waals surface area contributed by atoms with Gasteiger partial charge in [0.1, 0.15) is 0 Å². The highest BCUT2D eigenvalue weighted by atomic mass is 16.6. The number of amides is 2. The Morgan fingerprint density at radius 3 is 2.27 bits per heavy atom. The van der Waals surface area contributed by atoms with Crippen molar-refractivity contribution in [2.45, 2.75) is 39.0 Å². The van der Waals surface area contributed by atoms with Crippen molar-refractivity contribution in [3.8, 4) is 0 Å². The maximum absolute atomic E-state index is 13.5. The number of piperidine rings is 2. The van der Waals surface area contributed by atoms with Gasteiger partial charge in [-0.3, -0.25) is 19.7 Å².